The SMILES string of the molecule is CCCCOc1cccc(NCC(=O)Nc2cccc(Cl)c2C)c1. The minimum atomic E-state index is -0.127. The fraction of sp³-hybridized carbons (Fsp3) is 0.316. The largest absolute Gasteiger partial charge is 0.494 e. The zero-order chi connectivity index (χ0) is 17.4. The summed E-state index contributed by atoms with van der Waals surface area (Å²) in [5.41, 5.74) is 2.44. The second-order valence-electron chi connectivity index (χ2n) is 5.54. The van der Waals surface area contributed by atoms with Crippen LogP contribution in [0.3, 0.4) is 0 Å². The van der Waals surface area contributed by atoms with Crippen molar-refractivity contribution in [3.63, 3.8) is 0 Å². The van der Waals surface area contributed by atoms with E-state index < -0.39 is 0 Å². The monoisotopic (exact) mass is 346 g/mol. The highest BCUT2D eigenvalue weighted by Crippen LogP contribution is 2.23. The number of hydrogen-bond acceptors (Lipinski definition) is 3. The van der Waals surface area contributed by atoms with Crippen LogP contribution in [0, 0.1) is 6.92 Å². The Morgan fingerprint density at radius 2 is 2.00 bits per heavy atom. The van der Waals surface area contributed by atoms with Crippen molar-refractivity contribution in [1.82, 2.24) is 0 Å². The summed E-state index contributed by atoms with van der Waals surface area (Å²) in [6, 6.07) is 13.1. The van der Waals surface area contributed by atoms with Gasteiger partial charge < -0.3 is 15.4 Å². The molecule has 0 aliphatic heterocycles. The Balaban J connectivity index is 1.87. The average molecular weight is 347 g/mol. The Labute approximate surface area is 148 Å². The van der Waals surface area contributed by atoms with E-state index in [0.717, 1.165) is 35.5 Å². The average Bonchev–Trinajstić information content (AvgIpc) is 2.58. The molecule has 24 heavy (non-hydrogen) atoms. The number of unbranched alkanes of at least 4 members (excludes halogenated alkanes) is 1. The molecule has 0 aliphatic carbocycles. The number of anilines is 2. The van der Waals surface area contributed by atoms with Crippen LogP contribution in [0.15, 0.2) is 42.5 Å². The van der Waals surface area contributed by atoms with E-state index in [-0.39, 0.29) is 12.5 Å². The van der Waals surface area contributed by atoms with E-state index in [4.69, 9.17) is 16.3 Å². The second-order valence-corrected chi connectivity index (χ2v) is 5.95. The standard InChI is InChI=1S/C19H23ClN2O2/c1-3-4-11-24-16-8-5-7-15(12-16)21-13-19(23)22-18-10-6-9-17(20)14(18)2/h5-10,12,21H,3-4,11,13H2,1-2H3,(H,22,23). The van der Waals surface area contributed by atoms with Crippen LogP contribution in [0.5, 0.6) is 5.75 Å². The first-order chi connectivity index (χ1) is 11.6. The van der Waals surface area contributed by atoms with Gasteiger partial charge in [-0.25, -0.2) is 0 Å². The third kappa shape index (κ3) is 5.46. The van der Waals surface area contributed by atoms with E-state index in [1.165, 1.54) is 0 Å². The first-order valence-electron chi connectivity index (χ1n) is 8.12. The number of rotatable bonds is 8. The van der Waals surface area contributed by atoms with Crippen molar-refractivity contribution >= 4 is 28.9 Å². The molecule has 128 valence electrons. The molecule has 0 bridgehead atoms. The van der Waals surface area contributed by atoms with Gasteiger partial charge in [-0.15, -0.1) is 0 Å². The van der Waals surface area contributed by atoms with Gasteiger partial charge in [0.2, 0.25) is 5.91 Å². The van der Waals surface area contributed by atoms with E-state index in [2.05, 4.69) is 17.6 Å². The number of ether oxygens (including phenoxy) is 1. The van der Waals surface area contributed by atoms with Crippen LogP contribution in [0.1, 0.15) is 25.3 Å². The molecule has 0 fully saturated rings. The number of halogens is 1. The first kappa shape index (κ1) is 18.1. The summed E-state index contributed by atoms with van der Waals surface area (Å²) in [5.74, 6) is 0.678. The summed E-state index contributed by atoms with van der Waals surface area (Å²) in [6.45, 7) is 4.88. The molecular weight excluding hydrogens is 324 g/mol. The highest BCUT2D eigenvalue weighted by atomic mass is 35.5. The van der Waals surface area contributed by atoms with Crippen LogP contribution < -0.4 is 15.4 Å². The Kier molecular flexibility index (Phi) is 6.94. The molecule has 0 heterocycles. The number of carbonyl (C=O) groups excluding carboxylic acids is 1. The summed E-state index contributed by atoms with van der Waals surface area (Å²) < 4.78 is 5.66. The van der Waals surface area contributed by atoms with Crippen LogP contribution in [0.4, 0.5) is 11.4 Å². The fourth-order valence-corrected chi connectivity index (χ4v) is 2.32. The predicted octanol–water partition coefficient (Wildman–Crippen LogP) is 4.88. The number of carbonyl (C=O) groups is 1. The van der Waals surface area contributed by atoms with Gasteiger partial charge in [0, 0.05) is 22.5 Å². The lowest BCUT2D eigenvalue weighted by Gasteiger charge is -2.12. The van der Waals surface area contributed by atoms with Gasteiger partial charge in [0.25, 0.3) is 0 Å². The van der Waals surface area contributed by atoms with Gasteiger partial charge in [-0.05, 0) is 43.2 Å². The number of nitrogens with one attached hydrogen (secondary N) is 2. The molecule has 0 atom stereocenters. The molecule has 1 amide bonds. The maximum atomic E-state index is 12.1. The van der Waals surface area contributed by atoms with Gasteiger partial charge in [-0.3, -0.25) is 4.79 Å². The van der Waals surface area contributed by atoms with Crippen molar-refractivity contribution in [3.05, 3.63) is 53.1 Å². The fourth-order valence-electron chi connectivity index (χ4n) is 2.15. The van der Waals surface area contributed by atoms with Gasteiger partial charge in [-0.1, -0.05) is 37.1 Å². The number of benzene rings is 2. The minimum Gasteiger partial charge on any atom is -0.494 e. The lowest BCUT2D eigenvalue weighted by molar-refractivity contribution is -0.114. The molecule has 0 spiro atoms. The summed E-state index contributed by atoms with van der Waals surface area (Å²) in [7, 11) is 0. The zero-order valence-electron chi connectivity index (χ0n) is 14.1. The van der Waals surface area contributed by atoms with Gasteiger partial charge in [0.05, 0.1) is 13.2 Å². The third-order valence-corrected chi connectivity index (χ3v) is 4.00. The highest BCUT2D eigenvalue weighted by molar-refractivity contribution is 6.31. The second kappa shape index (κ2) is 9.18. The zero-order valence-corrected chi connectivity index (χ0v) is 14.8. The molecular formula is C19H23ClN2O2. The van der Waals surface area contributed by atoms with Crippen molar-refractivity contribution < 1.29 is 9.53 Å². The molecule has 0 aromatic heterocycles. The topological polar surface area (TPSA) is 50.4 Å². The Bertz CT molecular complexity index is 689. The molecule has 2 aromatic rings. The maximum Gasteiger partial charge on any atom is 0.243 e. The van der Waals surface area contributed by atoms with Crippen molar-refractivity contribution in [2.24, 2.45) is 0 Å². The van der Waals surface area contributed by atoms with Crippen molar-refractivity contribution in [1.29, 1.82) is 0 Å². The summed E-state index contributed by atoms with van der Waals surface area (Å²) in [4.78, 5) is 12.1. The van der Waals surface area contributed by atoms with Crippen LogP contribution in [-0.4, -0.2) is 19.1 Å². The Morgan fingerprint density at radius 3 is 2.79 bits per heavy atom. The van der Waals surface area contributed by atoms with Crippen LogP contribution in [-0.2, 0) is 4.79 Å². The van der Waals surface area contributed by atoms with Crippen molar-refractivity contribution in [2.75, 3.05) is 23.8 Å². The van der Waals surface area contributed by atoms with E-state index in [9.17, 15) is 4.79 Å². The summed E-state index contributed by atoms with van der Waals surface area (Å²) in [6.07, 6.45) is 2.13. The maximum absolute atomic E-state index is 12.1. The molecule has 2 aromatic carbocycles. The quantitative estimate of drug-likeness (QED) is 0.670. The van der Waals surface area contributed by atoms with E-state index in [1.807, 2.05) is 43.3 Å². The normalized spacial score (nSPS) is 10.3. The molecule has 0 aliphatic rings. The smallest absolute Gasteiger partial charge is 0.243 e. The Hall–Kier alpha value is -2.20. The van der Waals surface area contributed by atoms with Gasteiger partial charge in [0.15, 0.2) is 0 Å². The molecule has 0 unspecified atom stereocenters. The first-order valence-corrected chi connectivity index (χ1v) is 8.49. The molecule has 2 rings (SSSR count). The molecule has 0 saturated heterocycles. The molecule has 4 nitrogen and oxygen atoms in total. The van der Waals surface area contributed by atoms with E-state index in [1.54, 1.807) is 6.07 Å². The highest BCUT2D eigenvalue weighted by Gasteiger charge is 2.07. The molecule has 0 radical (unpaired) electrons. The summed E-state index contributed by atoms with van der Waals surface area (Å²) >= 11 is 6.06. The number of hydrogen-bond donors (Lipinski definition) is 2. The van der Waals surface area contributed by atoms with Gasteiger partial charge in [-0.2, -0.15) is 0 Å². The van der Waals surface area contributed by atoms with Crippen LogP contribution >= 0.6 is 11.6 Å². The van der Waals surface area contributed by atoms with Crippen LogP contribution in [0.2, 0.25) is 5.02 Å². The number of amides is 1. The van der Waals surface area contributed by atoms with E-state index in [0.29, 0.717) is 11.6 Å². The lowest BCUT2D eigenvalue weighted by atomic mass is 10.2. The summed E-state index contributed by atoms with van der Waals surface area (Å²) in [5, 5.41) is 6.60. The minimum absolute atomic E-state index is 0.127. The van der Waals surface area contributed by atoms with Crippen molar-refractivity contribution in [3.8, 4) is 5.75 Å². The Morgan fingerprint density at radius 1 is 1.21 bits per heavy atom. The van der Waals surface area contributed by atoms with E-state index >= 15 is 0 Å². The molecule has 0 saturated carbocycles. The third-order valence-electron chi connectivity index (χ3n) is 3.60. The van der Waals surface area contributed by atoms with Gasteiger partial charge >= 0.3 is 0 Å². The molecule has 5 heteroatoms. The van der Waals surface area contributed by atoms with Gasteiger partial charge in [0.1, 0.15) is 5.75 Å². The lowest BCUT2D eigenvalue weighted by Crippen LogP contribution is -2.22. The predicted molar refractivity (Wildman–Crippen MR) is 100 cm³/mol. The molecule has 2 N–H and O–H groups in total. The van der Waals surface area contributed by atoms with Crippen molar-refractivity contribution in [2.45, 2.75) is 26.7 Å². The van der Waals surface area contributed by atoms with Crippen LogP contribution in [0.25, 0.3) is 0 Å².